The summed E-state index contributed by atoms with van der Waals surface area (Å²) in [6.45, 7) is 4.32. The van der Waals surface area contributed by atoms with Crippen LogP contribution in [0.3, 0.4) is 0 Å². The van der Waals surface area contributed by atoms with Gasteiger partial charge < -0.3 is 0 Å². The lowest BCUT2D eigenvalue weighted by atomic mass is 9.96. The van der Waals surface area contributed by atoms with Crippen LogP contribution in [-0.4, -0.2) is 0 Å². The monoisotopic (exact) mass is 148 g/mol. The predicted octanol–water partition coefficient (Wildman–Crippen LogP) is 3.48. The van der Waals surface area contributed by atoms with Crippen molar-refractivity contribution < 1.29 is 0 Å². The molecule has 0 nitrogen and oxygen atoms in total. The van der Waals surface area contributed by atoms with Gasteiger partial charge in [-0.15, -0.1) is 0 Å². The Hall–Kier alpha value is -0.780. The van der Waals surface area contributed by atoms with E-state index in [4.69, 9.17) is 0 Å². The van der Waals surface area contributed by atoms with Crippen molar-refractivity contribution in [1.82, 2.24) is 0 Å². The molecule has 0 aromatic carbocycles. The fourth-order valence-corrected chi connectivity index (χ4v) is 1.34. The van der Waals surface area contributed by atoms with E-state index in [1.807, 2.05) is 0 Å². The molecule has 0 saturated carbocycles. The Kier molecular flexibility index (Phi) is 3.15. The van der Waals surface area contributed by atoms with E-state index in [1.54, 1.807) is 0 Å². The van der Waals surface area contributed by atoms with Crippen molar-refractivity contribution in [1.29, 1.82) is 0 Å². The topological polar surface area (TPSA) is 0 Å². The largest absolute Gasteiger partial charge is 0.0881 e. The third-order valence-electron chi connectivity index (χ3n) is 2.28. The maximum atomic E-state index is 2.29. The lowest BCUT2D eigenvalue weighted by Gasteiger charge is -2.10. The molecule has 0 fully saturated rings. The molecule has 0 heteroatoms. The minimum Gasteiger partial charge on any atom is -0.0881 e. The Labute approximate surface area is 69.3 Å². The van der Waals surface area contributed by atoms with Gasteiger partial charge in [-0.05, 0) is 32.6 Å². The van der Waals surface area contributed by atoms with Crippen LogP contribution in [0.2, 0.25) is 0 Å². The fourth-order valence-electron chi connectivity index (χ4n) is 1.34. The zero-order valence-corrected chi connectivity index (χ0v) is 7.38. The van der Waals surface area contributed by atoms with E-state index in [-0.39, 0.29) is 0 Å². The van der Waals surface area contributed by atoms with E-state index < -0.39 is 0 Å². The molecule has 0 heterocycles. The van der Waals surface area contributed by atoms with Gasteiger partial charge in [-0.3, -0.25) is 0 Å². The first-order valence-corrected chi connectivity index (χ1v) is 4.30. The van der Waals surface area contributed by atoms with Crippen LogP contribution in [0.5, 0.6) is 0 Å². The molecular formula is C11H16. The van der Waals surface area contributed by atoms with Gasteiger partial charge >= 0.3 is 0 Å². The van der Waals surface area contributed by atoms with E-state index in [0.717, 1.165) is 0 Å². The molecule has 11 heavy (non-hydrogen) atoms. The van der Waals surface area contributed by atoms with Gasteiger partial charge in [-0.1, -0.05) is 36.0 Å². The van der Waals surface area contributed by atoms with Crippen LogP contribution in [0.4, 0.5) is 0 Å². The average Bonchev–Trinajstić information content (AvgIpc) is 2.30. The van der Waals surface area contributed by atoms with E-state index >= 15 is 0 Å². The summed E-state index contributed by atoms with van der Waals surface area (Å²) in [5, 5.41) is 0. The Morgan fingerprint density at radius 2 is 2.27 bits per heavy atom. The van der Waals surface area contributed by atoms with E-state index in [9.17, 15) is 0 Å². The summed E-state index contributed by atoms with van der Waals surface area (Å²) in [6, 6.07) is 0. The highest BCUT2D eigenvalue weighted by molar-refractivity contribution is 5.16. The molecule has 0 saturated heterocycles. The maximum Gasteiger partial charge on any atom is -0.00201 e. The zero-order chi connectivity index (χ0) is 8.10. The third kappa shape index (κ3) is 2.38. The summed E-state index contributed by atoms with van der Waals surface area (Å²) in [7, 11) is 0. The second kappa shape index (κ2) is 4.17. The van der Waals surface area contributed by atoms with Gasteiger partial charge in [0.15, 0.2) is 0 Å². The van der Waals surface area contributed by atoms with Crippen molar-refractivity contribution in [2.75, 3.05) is 0 Å². The van der Waals surface area contributed by atoms with Crippen LogP contribution in [-0.2, 0) is 0 Å². The highest BCUT2D eigenvalue weighted by atomic mass is 14.1. The molecule has 0 radical (unpaired) electrons. The van der Waals surface area contributed by atoms with Gasteiger partial charge in [0.05, 0.1) is 0 Å². The molecule has 1 aliphatic carbocycles. The van der Waals surface area contributed by atoms with Crippen molar-refractivity contribution >= 4 is 0 Å². The van der Waals surface area contributed by atoms with Crippen molar-refractivity contribution in [3.8, 4) is 0 Å². The molecule has 0 spiro atoms. The molecule has 0 aliphatic heterocycles. The van der Waals surface area contributed by atoms with Crippen LogP contribution in [0.25, 0.3) is 0 Å². The summed E-state index contributed by atoms with van der Waals surface area (Å²) in [5.74, 6) is 0.676. The molecule has 1 rings (SSSR count). The van der Waals surface area contributed by atoms with Crippen molar-refractivity contribution in [3.05, 3.63) is 36.0 Å². The van der Waals surface area contributed by atoms with Crippen LogP contribution in [0.1, 0.15) is 26.7 Å². The first-order chi connectivity index (χ1) is 5.34. The van der Waals surface area contributed by atoms with Gasteiger partial charge in [-0.25, -0.2) is 0 Å². The van der Waals surface area contributed by atoms with E-state index in [0.29, 0.717) is 5.92 Å². The van der Waals surface area contributed by atoms with Gasteiger partial charge in [0.2, 0.25) is 0 Å². The van der Waals surface area contributed by atoms with Gasteiger partial charge in [0.25, 0.3) is 0 Å². The highest BCUT2D eigenvalue weighted by Crippen LogP contribution is 2.20. The molecule has 0 bridgehead atoms. The van der Waals surface area contributed by atoms with Crippen LogP contribution in [0.15, 0.2) is 36.0 Å². The van der Waals surface area contributed by atoms with Gasteiger partial charge in [0, 0.05) is 0 Å². The molecule has 0 N–H and O–H groups in total. The highest BCUT2D eigenvalue weighted by Gasteiger charge is 2.05. The zero-order valence-electron chi connectivity index (χ0n) is 7.38. The quantitative estimate of drug-likeness (QED) is 0.499. The number of allylic oxidation sites excluding steroid dienone is 6. The fraction of sp³-hybridized carbons (Fsp3) is 0.455. The molecule has 60 valence electrons. The minimum atomic E-state index is 0.676. The molecule has 1 atom stereocenters. The maximum absolute atomic E-state index is 2.29. The SMILES string of the molecule is C/C=C(/C)C1C=CC=CCC1. The molecule has 0 aromatic heterocycles. The third-order valence-corrected chi connectivity index (χ3v) is 2.28. The molecule has 1 unspecified atom stereocenters. The van der Waals surface area contributed by atoms with E-state index in [2.05, 4.69) is 44.2 Å². The summed E-state index contributed by atoms with van der Waals surface area (Å²) < 4.78 is 0. The first kappa shape index (κ1) is 8.32. The van der Waals surface area contributed by atoms with Crippen LogP contribution >= 0.6 is 0 Å². The summed E-state index contributed by atoms with van der Waals surface area (Å²) in [4.78, 5) is 0. The second-order valence-electron chi connectivity index (χ2n) is 3.03. The van der Waals surface area contributed by atoms with Crippen molar-refractivity contribution in [3.63, 3.8) is 0 Å². The predicted molar refractivity (Wildman–Crippen MR) is 50.4 cm³/mol. The van der Waals surface area contributed by atoms with Crippen LogP contribution in [0, 0.1) is 5.92 Å². The van der Waals surface area contributed by atoms with Gasteiger partial charge in [-0.2, -0.15) is 0 Å². The molecule has 1 aliphatic rings. The van der Waals surface area contributed by atoms with Gasteiger partial charge in [0.1, 0.15) is 0 Å². The normalized spacial score (nSPS) is 25.3. The minimum absolute atomic E-state index is 0.676. The number of rotatable bonds is 1. The van der Waals surface area contributed by atoms with Crippen LogP contribution < -0.4 is 0 Å². The lowest BCUT2D eigenvalue weighted by molar-refractivity contribution is 0.687. The summed E-state index contributed by atoms with van der Waals surface area (Å²) in [5.41, 5.74) is 1.49. The molecule has 0 amide bonds. The second-order valence-corrected chi connectivity index (χ2v) is 3.03. The summed E-state index contributed by atoms with van der Waals surface area (Å²) >= 11 is 0. The van der Waals surface area contributed by atoms with Crippen molar-refractivity contribution in [2.24, 2.45) is 5.92 Å². The van der Waals surface area contributed by atoms with Crippen molar-refractivity contribution in [2.45, 2.75) is 26.7 Å². The van der Waals surface area contributed by atoms with E-state index in [1.165, 1.54) is 18.4 Å². The standard InChI is InChI=1S/C11H16/c1-3-10(2)11-8-6-4-5-7-9-11/h3-6,8,11H,7,9H2,1-2H3/b10-3-. The Morgan fingerprint density at radius 1 is 1.45 bits per heavy atom. The Morgan fingerprint density at radius 3 is 3.00 bits per heavy atom. The Bertz CT molecular complexity index is 194. The first-order valence-electron chi connectivity index (χ1n) is 4.30. The lowest BCUT2D eigenvalue weighted by Crippen LogP contribution is -1.96. The molecule has 0 aromatic rings. The Balaban J connectivity index is 2.60. The number of hydrogen-bond acceptors (Lipinski definition) is 0. The average molecular weight is 148 g/mol. The molecular weight excluding hydrogens is 132 g/mol. The smallest absolute Gasteiger partial charge is 0.00201 e. The number of hydrogen-bond donors (Lipinski definition) is 0. The summed E-state index contributed by atoms with van der Waals surface area (Å²) in [6.07, 6.45) is 13.5.